The van der Waals surface area contributed by atoms with Crippen molar-refractivity contribution < 1.29 is 0 Å². The zero-order valence-corrected chi connectivity index (χ0v) is 10.3. The van der Waals surface area contributed by atoms with Crippen LogP contribution in [0.25, 0.3) is 0 Å². The molecule has 1 unspecified atom stereocenters. The van der Waals surface area contributed by atoms with Crippen molar-refractivity contribution in [2.45, 2.75) is 45.6 Å². The molecule has 0 saturated heterocycles. The van der Waals surface area contributed by atoms with E-state index in [4.69, 9.17) is 6.42 Å². The minimum absolute atomic E-state index is 0.710. The maximum atomic E-state index is 5.17. The predicted octanol–water partition coefficient (Wildman–Crippen LogP) is 2.91. The molecule has 2 heteroatoms. The van der Waals surface area contributed by atoms with Crippen molar-refractivity contribution in [3.8, 4) is 12.3 Å². The van der Waals surface area contributed by atoms with Gasteiger partial charge in [0.15, 0.2) is 0 Å². The van der Waals surface area contributed by atoms with Crippen LogP contribution in [0.4, 0.5) is 0 Å². The van der Waals surface area contributed by atoms with Crippen molar-refractivity contribution in [2.75, 3.05) is 18.1 Å². The van der Waals surface area contributed by atoms with E-state index < -0.39 is 0 Å². The molecule has 0 aliphatic carbocycles. The number of terminal acetylenes is 1. The Hall–Kier alpha value is -0.130. The number of rotatable bonds is 9. The van der Waals surface area contributed by atoms with Gasteiger partial charge in [-0.2, -0.15) is 0 Å². The Morgan fingerprint density at radius 3 is 2.79 bits per heavy atom. The van der Waals surface area contributed by atoms with Crippen LogP contribution < -0.4 is 5.32 Å². The highest BCUT2D eigenvalue weighted by Gasteiger charge is 2.03. The van der Waals surface area contributed by atoms with Crippen LogP contribution in [0.2, 0.25) is 0 Å². The summed E-state index contributed by atoms with van der Waals surface area (Å²) in [5.41, 5.74) is 0. The van der Waals surface area contributed by atoms with Crippen LogP contribution in [0.1, 0.15) is 39.5 Å². The summed E-state index contributed by atoms with van der Waals surface area (Å²) < 4.78 is 0. The van der Waals surface area contributed by atoms with Crippen molar-refractivity contribution in [3.63, 3.8) is 0 Å². The Kier molecular flexibility index (Phi) is 10.8. The van der Waals surface area contributed by atoms with Crippen molar-refractivity contribution in [2.24, 2.45) is 0 Å². The molecule has 14 heavy (non-hydrogen) atoms. The molecule has 0 spiro atoms. The zero-order valence-electron chi connectivity index (χ0n) is 9.51. The summed E-state index contributed by atoms with van der Waals surface area (Å²) in [5.74, 6) is 4.61. The molecular formula is C12H23NS. The highest BCUT2D eigenvalue weighted by molar-refractivity contribution is 7.99. The molecule has 0 saturated carbocycles. The van der Waals surface area contributed by atoms with Gasteiger partial charge in [-0.05, 0) is 12.8 Å². The second kappa shape index (κ2) is 10.9. The van der Waals surface area contributed by atoms with Gasteiger partial charge in [-0.3, -0.25) is 0 Å². The fourth-order valence-corrected chi connectivity index (χ4v) is 1.89. The number of unbranched alkanes of at least 4 members (excludes halogenated alkanes) is 1. The van der Waals surface area contributed by atoms with Crippen LogP contribution in [0.5, 0.6) is 0 Å². The summed E-state index contributed by atoms with van der Waals surface area (Å²) in [5, 5.41) is 3.57. The lowest BCUT2D eigenvalue weighted by Crippen LogP contribution is -2.30. The van der Waals surface area contributed by atoms with Crippen LogP contribution in [0, 0.1) is 12.3 Å². The van der Waals surface area contributed by atoms with Crippen molar-refractivity contribution in [1.82, 2.24) is 5.32 Å². The van der Waals surface area contributed by atoms with Crippen LogP contribution in [-0.4, -0.2) is 24.1 Å². The van der Waals surface area contributed by atoms with E-state index in [2.05, 4.69) is 25.1 Å². The number of thioether (sulfide) groups is 1. The minimum Gasteiger partial charge on any atom is -0.313 e. The zero-order chi connectivity index (χ0) is 10.6. The molecule has 0 bridgehead atoms. The lowest BCUT2D eigenvalue weighted by Gasteiger charge is -2.15. The molecule has 0 aliphatic rings. The van der Waals surface area contributed by atoms with E-state index in [0.29, 0.717) is 6.04 Å². The SMILES string of the molecule is C#CCSCCNC(CC)CCCC. The van der Waals surface area contributed by atoms with Gasteiger partial charge in [-0.25, -0.2) is 0 Å². The van der Waals surface area contributed by atoms with Crippen LogP contribution >= 0.6 is 11.8 Å². The third-order valence-corrected chi connectivity index (χ3v) is 3.13. The van der Waals surface area contributed by atoms with Crippen molar-refractivity contribution in [1.29, 1.82) is 0 Å². The first-order valence-electron chi connectivity index (χ1n) is 5.59. The molecule has 0 fully saturated rings. The Morgan fingerprint density at radius 2 is 2.21 bits per heavy atom. The molecule has 0 aromatic rings. The monoisotopic (exact) mass is 213 g/mol. The lowest BCUT2D eigenvalue weighted by molar-refractivity contribution is 0.466. The first-order valence-corrected chi connectivity index (χ1v) is 6.75. The smallest absolute Gasteiger partial charge is 0.0545 e. The van der Waals surface area contributed by atoms with E-state index in [9.17, 15) is 0 Å². The summed E-state index contributed by atoms with van der Waals surface area (Å²) in [6, 6.07) is 0.710. The molecule has 0 aliphatic heterocycles. The van der Waals surface area contributed by atoms with E-state index >= 15 is 0 Å². The Morgan fingerprint density at radius 1 is 1.43 bits per heavy atom. The minimum atomic E-state index is 0.710. The molecule has 1 N–H and O–H groups in total. The lowest BCUT2D eigenvalue weighted by atomic mass is 10.1. The predicted molar refractivity (Wildman–Crippen MR) is 67.8 cm³/mol. The van der Waals surface area contributed by atoms with Gasteiger partial charge in [-0.15, -0.1) is 18.2 Å². The highest BCUT2D eigenvalue weighted by atomic mass is 32.2. The second-order valence-electron chi connectivity index (χ2n) is 3.46. The molecule has 1 nitrogen and oxygen atoms in total. The second-order valence-corrected chi connectivity index (χ2v) is 4.56. The van der Waals surface area contributed by atoms with Gasteiger partial charge in [0.2, 0.25) is 0 Å². The summed E-state index contributed by atoms with van der Waals surface area (Å²) in [6.07, 6.45) is 10.4. The maximum Gasteiger partial charge on any atom is 0.0545 e. The topological polar surface area (TPSA) is 12.0 Å². The molecule has 0 radical (unpaired) electrons. The van der Waals surface area contributed by atoms with Crippen molar-refractivity contribution >= 4 is 11.8 Å². The van der Waals surface area contributed by atoms with E-state index in [0.717, 1.165) is 18.1 Å². The molecule has 0 aromatic carbocycles. The first-order chi connectivity index (χ1) is 6.85. The van der Waals surface area contributed by atoms with Gasteiger partial charge in [0.05, 0.1) is 5.75 Å². The summed E-state index contributed by atoms with van der Waals surface area (Å²) in [4.78, 5) is 0. The van der Waals surface area contributed by atoms with Gasteiger partial charge >= 0.3 is 0 Å². The fourth-order valence-electron chi connectivity index (χ4n) is 1.37. The average Bonchev–Trinajstić information content (AvgIpc) is 2.22. The number of hydrogen-bond acceptors (Lipinski definition) is 2. The van der Waals surface area contributed by atoms with Gasteiger partial charge in [0, 0.05) is 18.3 Å². The Bertz CT molecular complexity index is 151. The molecule has 0 rings (SSSR count). The van der Waals surface area contributed by atoms with E-state index in [1.165, 1.54) is 25.7 Å². The molecular weight excluding hydrogens is 190 g/mol. The highest BCUT2D eigenvalue weighted by Crippen LogP contribution is 2.04. The number of nitrogens with one attached hydrogen (secondary N) is 1. The molecule has 82 valence electrons. The normalized spacial score (nSPS) is 12.4. The van der Waals surface area contributed by atoms with E-state index in [1.807, 2.05) is 11.8 Å². The molecule has 0 amide bonds. The van der Waals surface area contributed by atoms with Gasteiger partial charge in [0.25, 0.3) is 0 Å². The summed E-state index contributed by atoms with van der Waals surface area (Å²) in [7, 11) is 0. The van der Waals surface area contributed by atoms with E-state index in [-0.39, 0.29) is 0 Å². The van der Waals surface area contributed by atoms with Gasteiger partial charge < -0.3 is 5.32 Å². The summed E-state index contributed by atoms with van der Waals surface area (Å²) >= 11 is 1.83. The fraction of sp³-hybridized carbons (Fsp3) is 0.833. The largest absolute Gasteiger partial charge is 0.313 e. The Labute approximate surface area is 93.4 Å². The maximum absolute atomic E-state index is 5.17. The third-order valence-electron chi connectivity index (χ3n) is 2.26. The summed E-state index contributed by atoms with van der Waals surface area (Å²) in [6.45, 7) is 5.59. The van der Waals surface area contributed by atoms with Crippen LogP contribution in [0.3, 0.4) is 0 Å². The Balaban J connectivity index is 3.29. The van der Waals surface area contributed by atoms with Gasteiger partial charge in [0.1, 0.15) is 0 Å². The molecule has 0 heterocycles. The van der Waals surface area contributed by atoms with Crippen LogP contribution in [0.15, 0.2) is 0 Å². The quantitative estimate of drug-likeness (QED) is 0.467. The molecule has 0 aromatic heterocycles. The standard InChI is InChI=1S/C12H23NS/c1-4-7-8-12(6-3)13-9-11-14-10-5-2/h2,12-13H,4,6-11H2,1,3H3. The molecule has 1 atom stereocenters. The van der Waals surface area contributed by atoms with Crippen LogP contribution in [-0.2, 0) is 0 Å². The number of hydrogen-bond donors (Lipinski definition) is 1. The third kappa shape index (κ3) is 8.47. The first kappa shape index (κ1) is 13.9. The average molecular weight is 213 g/mol. The van der Waals surface area contributed by atoms with Crippen molar-refractivity contribution in [3.05, 3.63) is 0 Å². The van der Waals surface area contributed by atoms with Gasteiger partial charge in [-0.1, -0.05) is 32.6 Å². The van der Waals surface area contributed by atoms with E-state index in [1.54, 1.807) is 0 Å².